The van der Waals surface area contributed by atoms with Gasteiger partial charge in [0.05, 0.1) is 12.6 Å². The topological polar surface area (TPSA) is 140 Å². The van der Waals surface area contributed by atoms with Gasteiger partial charge in [-0.15, -0.1) is 0 Å². The molecule has 1 aliphatic carbocycles. The molecule has 0 saturated heterocycles. The van der Waals surface area contributed by atoms with Crippen molar-refractivity contribution in [2.45, 2.75) is 44.3 Å². The highest BCUT2D eigenvalue weighted by Crippen LogP contribution is 2.45. The Morgan fingerprint density at radius 2 is 2.00 bits per heavy atom. The summed E-state index contributed by atoms with van der Waals surface area (Å²) in [6.45, 7) is 0.275. The summed E-state index contributed by atoms with van der Waals surface area (Å²) in [4.78, 5) is 54.2. The van der Waals surface area contributed by atoms with Crippen molar-refractivity contribution in [2.75, 3.05) is 7.11 Å². The highest BCUT2D eigenvalue weighted by molar-refractivity contribution is 6.32. The number of benzene rings is 1. The molecule has 2 aromatic rings. The van der Waals surface area contributed by atoms with E-state index in [-0.39, 0.29) is 24.8 Å². The van der Waals surface area contributed by atoms with Crippen LogP contribution in [0.3, 0.4) is 0 Å². The van der Waals surface area contributed by atoms with Crippen LogP contribution in [0.15, 0.2) is 29.1 Å². The van der Waals surface area contributed by atoms with Crippen LogP contribution in [0.1, 0.15) is 47.6 Å². The molecule has 10 nitrogen and oxygen atoms in total. The monoisotopic (exact) mass is 458 g/mol. The first-order valence-corrected chi connectivity index (χ1v) is 10.5. The highest BCUT2D eigenvalue weighted by Gasteiger charge is 2.48. The van der Waals surface area contributed by atoms with Crippen LogP contribution in [0.5, 0.6) is 5.75 Å². The average Bonchev–Trinajstić information content (AvgIpc) is 3.14. The molecule has 2 amide bonds. The molecule has 0 spiro atoms. The summed E-state index contributed by atoms with van der Waals surface area (Å²) < 4.78 is 18.8. The zero-order valence-electron chi connectivity index (χ0n) is 17.9. The first-order chi connectivity index (χ1) is 15.7. The third-order valence-electron chi connectivity index (χ3n) is 6.26. The predicted octanol–water partition coefficient (Wildman–Crippen LogP) is 0.706. The van der Waals surface area contributed by atoms with E-state index in [4.69, 9.17) is 0 Å². The molecule has 33 heavy (non-hydrogen) atoms. The Hall–Kier alpha value is -3.76. The number of fused-ring (bicyclic) bond motifs is 4. The third-order valence-corrected chi connectivity index (χ3v) is 6.26. The number of halogens is 1. The number of methoxy groups -OCH3 is 1. The lowest BCUT2D eigenvalue weighted by atomic mass is 9.94. The van der Waals surface area contributed by atoms with E-state index in [2.05, 4.69) is 20.4 Å². The lowest BCUT2D eigenvalue weighted by molar-refractivity contribution is -0.153. The Morgan fingerprint density at radius 1 is 1.27 bits per heavy atom. The van der Waals surface area contributed by atoms with E-state index in [9.17, 15) is 28.7 Å². The standard InChI is InChI=1S/C22H23FN4O6/c1-33-20(32)18(30)26-22-8-6-12(10-22)7-9-27-19(31)16(28)15(25-21(22)27)17(29)24-11-13-2-4-14(23)5-3-13/h2-5,12,28H,6-11H2,1H3,(H,24,29)(H,26,30). The molecule has 2 unspecified atom stereocenters. The summed E-state index contributed by atoms with van der Waals surface area (Å²) >= 11 is 0. The minimum Gasteiger partial charge on any atom is -0.501 e. The molecular weight excluding hydrogens is 435 g/mol. The summed E-state index contributed by atoms with van der Waals surface area (Å²) in [5.41, 5.74) is -1.82. The largest absolute Gasteiger partial charge is 0.501 e. The van der Waals surface area contributed by atoms with Gasteiger partial charge < -0.3 is 20.5 Å². The van der Waals surface area contributed by atoms with E-state index in [1.54, 1.807) is 0 Å². The minimum absolute atomic E-state index is 0.0188. The van der Waals surface area contributed by atoms with Gasteiger partial charge in [0.1, 0.15) is 11.6 Å². The van der Waals surface area contributed by atoms with Crippen molar-refractivity contribution in [1.29, 1.82) is 0 Å². The Bertz CT molecular complexity index is 1180. The Morgan fingerprint density at radius 3 is 2.70 bits per heavy atom. The number of aromatic nitrogens is 2. The molecule has 11 heteroatoms. The second kappa shape index (κ2) is 8.64. The lowest BCUT2D eigenvalue weighted by Crippen LogP contribution is -2.50. The number of ether oxygens (including phenoxy) is 1. The van der Waals surface area contributed by atoms with Crippen LogP contribution in [0.4, 0.5) is 4.39 Å². The maximum absolute atomic E-state index is 13.1. The van der Waals surface area contributed by atoms with Crippen LogP contribution in [0.2, 0.25) is 0 Å². The molecule has 2 heterocycles. The fraction of sp³-hybridized carbons (Fsp3) is 0.409. The van der Waals surface area contributed by atoms with E-state index in [1.165, 1.54) is 28.8 Å². The quantitative estimate of drug-likeness (QED) is 0.453. The average molecular weight is 458 g/mol. The van der Waals surface area contributed by atoms with E-state index in [0.717, 1.165) is 13.5 Å². The molecule has 174 valence electrons. The van der Waals surface area contributed by atoms with Gasteiger partial charge in [0.2, 0.25) is 5.75 Å². The van der Waals surface area contributed by atoms with Crippen molar-refractivity contribution in [3.8, 4) is 5.75 Å². The predicted molar refractivity (Wildman–Crippen MR) is 112 cm³/mol. The maximum atomic E-state index is 13.1. The van der Waals surface area contributed by atoms with E-state index < -0.39 is 46.1 Å². The van der Waals surface area contributed by atoms with Crippen molar-refractivity contribution in [3.05, 3.63) is 57.5 Å². The van der Waals surface area contributed by atoms with Crippen molar-refractivity contribution in [1.82, 2.24) is 20.2 Å². The number of esters is 1. The summed E-state index contributed by atoms with van der Waals surface area (Å²) in [6, 6.07) is 5.47. The summed E-state index contributed by atoms with van der Waals surface area (Å²) in [7, 11) is 1.09. The van der Waals surface area contributed by atoms with Crippen LogP contribution >= 0.6 is 0 Å². The molecular formula is C22H23FN4O6. The van der Waals surface area contributed by atoms with Gasteiger partial charge in [0, 0.05) is 13.1 Å². The minimum atomic E-state index is -1.15. The number of aromatic hydroxyl groups is 1. The number of carbonyl (C=O) groups excluding carboxylic acids is 3. The molecule has 2 atom stereocenters. The summed E-state index contributed by atoms with van der Waals surface area (Å²) in [5, 5.41) is 15.7. The van der Waals surface area contributed by atoms with Crippen LogP contribution in [0, 0.1) is 11.7 Å². The fourth-order valence-electron chi connectivity index (χ4n) is 4.58. The summed E-state index contributed by atoms with van der Waals surface area (Å²) in [5.74, 6) is -3.79. The third kappa shape index (κ3) is 4.18. The number of nitrogens with zero attached hydrogens (tertiary/aromatic N) is 2. The Kier molecular flexibility index (Phi) is 5.88. The molecule has 1 aromatic heterocycles. The zero-order chi connectivity index (χ0) is 23.8. The molecule has 1 aromatic carbocycles. The van der Waals surface area contributed by atoms with E-state index in [0.29, 0.717) is 24.8 Å². The van der Waals surface area contributed by atoms with Gasteiger partial charge in [0.25, 0.3) is 11.5 Å². The Balaban J connectivity index is 1.70. The molecule has 3 N–H and O–H groups in total. The first-order valence-electron chi connectivity index (χ1n) is 10.5. The van der Waals surface area contributed by atoms with E-state index >= 15 is 0 Å². The van der Waals surface area contributed by atoms with Crippen LogP contribution in [-0.4, -0.2) is 39.6 Å². The fourth-order valence-corrected chi connectivity index (χ4v) is 4.58. The molecule has 1 fully saturated rings. The van der Waals surface area contributed by atoms with Gasteiger partial charge in [-0.2, -0.15) is 0 Å². The molecule has 2 aliphatic rings. The van der Waals surface area contributed by atoms with Gasteiger partial charge in [0.15, 0.2) is 5.69 Å². The van der Waals surface area contributed by atoms with Gasteiger partial charge in [-0.3, -0.25) is 19.0 Å². The summed E-state index contributed by atoms with van der Waals surface area (Å²) in [6.07, 6.45) is 2.21. The highest BCUT2D eigenvalue weighted by atomic mass is 19.1. The number of nitrogens with one attached hydrogen (secondary N) is 2. The molecule has 4 rings (SSSR count). The second-order valence-corrected chi connectivity index (χ2v) is 8.32. The van der Waals surface area contributed by atoms with Crippen LogP contribution in [0.25, 0.3) is 0 Å². The molecule has 1 aliphatic heterocycles. The van der Waals surface area contributed by atoms with Crippen molar-refractivity contribution in [3.63, 3.8) is 0 Å². The Labute approximate surface area is 187 Å². The number of hydrogen-bond acceptors (Lipinski definition) is 7. The van der Waals surface area contributed by atoms with E-state index in [1.807, 2.05) is 0 Å². The zero-order valence-corrected chi connectivity index (χ0v) is 17.9. The SMILES string of the molecule is COC(=O)C(=O)NC12CCC(CCn3c1nc(C(=O)NCc1ccc(F)cc1)c(O)c3=O)C2. The molecule has 2 bridgehead atoms. The maximum Gasteiger partial charge on any atom is 0.396 e. The second-order valence-electron chi connectivity index (χ2n) is 8.32. The number of hydrogen-bond donors (Lipinski definition) is 3. The smallest absolute Gasteiger partial charge is 0.396 e. The van der Waals surface area contributed by atoms with Crippen LogP contribution in [-0.2, 0) is 33.0 Å². The lowest BCUT2D eigenvalue weighted by Gasteiger charge is -2.31. The van der Waals surface area contributed by atoms with Crippen LogP contribution < -0.4 is 16.2 Å². The van der Waals surface area contributed by atoms with Crippen molar-refractivity contribution < 1.29 is 28.6 Å². The van der Waals surface area contributed by atoms with Gasteiger partial charge in [-0.25, -0.2) is 14.2 Å². The number of rotatable bonds is 4. The van der Waals surface area contributed by atoms with Crippen molar-refractivity contribution >= 4 is 17.8 Å². The van der Waals surface area contributed by atoms with Gasteiger partial charge in [-0.1, -0.05) is 12.1 Å². The molecule has 1 saturated carbocycles. The first kappa shape index (κ1) is 22.4. The normalized spacial score (nSPS) is 21.0. The number of carbonyl (C=O) groups is 3. The molecule has 0 radical (unpaired) electrons. The van der Waals surface area contributed by atoms with Crippen molar-refractivity contribution in [2.24, 2.45) is 5.92 Å². The van der Waals surface area contributed by atoms with Gasteiger partial charge >= 0.3 is 11.9 Å². The number of amides is 2. The van der Waals surface area contributed by atoms with Gasteiger partial charge in [-0.05, 0) is 49.3 Å².